The lowest BCUT2D eigenvalue weighted by Crippen LogP contribution is -2.34. The van der Waals surface area contributed by atoms with Gasteiger partial charge in [0.15, 0.2) is 0 Å². The van der Waals surface area contributed by atoms with Gasteiger partial charge in [-0.2, -0.15) is 0 Å². The Balaban J connectivity index is 1.90. The van der Waals surface area contributed by atoms with Gasteiger partial charge in [-0.1, -0.05) is 48.0 Å². The molecule has 0 spiro atoms. The van der Waals surface area contributed by atoms with E-state index < -0.39 is 17.6 Å². The van der Waals surface area contributed by atoms with Crippen LogP contribution in [0.25, 0.3) is 5.57 Å². The van der Waals surface area contributed by atoms with E-state index in [1.54, 1.807) is 11.9 Å². The zero-order chi connectivity index (χ0) is 22.3. The molecule has 3 aromatic rings. The van der Waals surface area contributed by atoms with Gasteiger partial charge in [-0.15, -0.1) is 0 Å². The fraction of sp³-hybridized carbons (Fsp3) is 0.120. The summed E-state index contributed by atoms with van der Waals surface area (Å²) in [6, 6.07) is 18.8. The third-order valence-corrected chi connectivity index (χ3v) is 5.78. The van der Waals surface area contributed by atoms with E-state index in [4.69, 9.17) is 11.6 Å². The largest absolute Gasteiger partial charge is 0.339 e. The van der Waals surface area contributed by atoms with Gasteiger partial charge in [0.25, 0.3) is 11.8 Å². The SMILES string of the molecule is Cc1ccc(C2=C(N(C)c3ccccc3)C(=O)N(c3ccc(F)c(Cl)c3)C2=O)cc1C. The molecule has 0 aromatic heterocycles. The van der Waals surface area contributed by atoms with Gasteiger partial charge in [-0.25, -0.2) is 9.29 Å². The van der Waals surface area contributed by atoms with Gasteiger partial charge >= 0.3 is 0 Å². The van der Waals surface area contributed by atoms with E-state index in [1.807, 2.05) is 62.4 Å². The van der Waals surface area contributed by atoms with Crippen molar-refractivity contribution < 1.29 is 14.0 Å². The van der Waals surface area contributed by atoms with Crippen molar-refractivity contribution in [3.8, 4) is 0 Å². The second kappa shape index (κ2) is 8.00. The van der Waals surface area contributed by atoms with Gasteiger partial charge in [0.05, 0.1) is 16.3 Å². The maximum atomic E-state index is 13.7. The highest BCUT2D eigenvalue weighted by molar-refractivity contribution is 6.46. The van der Waals surface area contributed by atoms with Crippen molar-refractivity contribution in [2.75, 3.05) is 16.8 Å². The number of likely N-dealkylation sites (N-methyl/N-ethyl adjacent to an activating group) is 1. The summed E-state index contributed by atoms with van der Waals surface area (Å²) in [5, 5.41) is -0.157. The van der Waals surface area contributed by atoms with E-state index in [9.17, 15) is 14.0 Å². The van der Waals surface area contributed by atoms with Crippen LogP contribution < -0.4 is 9.80 Å². The van der Waals surface area contributed by atoms with Crippen molar-refractivity contribution in [3.63, 3.8) is 0 Å². The average Bonchev–Trinajstić information content (AvgIpc) is 3.02. The molecule has 0 saturated carbocycles. The summed E-state index contributed by atoms with van der Waals surface area (Å²) in [7, 11) is 1.75. The Morgan fingerprint density at radius 3 is 2.23 bits per heavy atom. The quantitative estimate of drug-likeness (QED) is 0.508. The summed E-state index contributed by atoms with van der Waals surface area (Å²) in [6.07, 6.45) is 0. The molecule has 31 heavy (non-hydrogen) atoms. The zero-order valence-corrected chi connectivity index (χ0v) is 18.1. The lowest BCUT2D eigenvalue weighted by atomic mass is 9.99. The molecule has 156 valence electrons. The minimum Gasteiger partial charge on any atom is -0.339 e. The summed E-state index contributed by atoms with van der Waals surface area (Å²) in [4.78, 5) is 29.8. The number of rotatable bonds is 4. The molecule has 0 saturated heterocycles. The normalized spacial score (nSPS) is 13.9. The molecule has 1 heterocycles. The first-order valence-corrected chi connectivity index (χ1v) is 10.1. The Morgan fingerprint density at radius 1 is 0.871 bits per heavy atom. The van der Waals surface area contributed by atoms with Crippen LogP contribution in [0.2, 0.25) is 5.02 Å². The van der Waals surface area contributed by atoms with E-state index >= 15 is 0 Å². The molecule has 2 amide bonds. The fourth-order valence-electron chi connectivity index (χ4n) is 3.63. The minimum atomic E-state index is -0.617. The molecule has 3 aromatic carbocycles. The van der Waals surface area contributed by atoms with E-state index in [1.165, 1.54) is 12.1 Å². The first kappa shape index (κ1) is 20.8. The van der Waals surface area contributed by atoms with E-state index in [0.29, 0.717) is 11.1 Å². The van der Waals surface area contributed by atoms with Gasteiger partial charge < -0.3 is 4.90 Å². The lowest BCUT2D eigenvalue weighted by molar-refractivity contribution is -0.120. The molecule has 4 rings (SSSR count). The number of anilines is 2. The molecule has 0 N–H and O–H groups in total. The summed E-state index contributed by atoms with van der Waals surface area (Å²) < 4.78 is 13.7. The van der Waals surface area contributed by atoms with Crippen molar-refractivity contribution in [2.24, 2.45) is 0 Å². The van der Waals surface area contributed by atoms with Crippen LogP contribution in [0.1, 0.15) is 16.7 Å². The highest BCUT2D eigenvalue weighted by Gasteiger charge is 2.42. The predicted molar refractivity (Wildman–Crippen MR) is 122 cm³/mol. The van der Waals surface area contributed by atoms with Crippen LogP contribution in [-0.2, 0) is 9.59 Å². The van der Waals surface area contributed by atoms with Crippen molar-refractivity contribution in [1.29, 1.82) is 0 Å². The molecule has 0 unspecified atom stereocenters. The third-order valence-electron chi connectivity index (χ3n) is 5.50. The Kier molecular flexibility index (Phi) is 5.38. The van der Waals surface area contributed by atoms with Crippen LogP contribution in [0.5, 0.6) is 0 Å². The Hall–Kier alpha value is -3.44. The van der Waals surface area contributed by atoms with Crippen LogP contribution in [0.3, 0.4) is 0 Å². The molecule has 4 nitrogen and oxygen atoms in total. The van der Waals surface area contributed by atoms with Gasteiger partial charge in [-0.3, -0.25) is 9.59 Å². The molecule has 0 radical (unpaired) electrons. The molecule has 0 atom stereocenters. The van der Waals surface area contributed by atoms with E-state index in [-0.39, 0.29) is 16.4 Å². The number of para-hydroxylation sites is 1. The molecule has 0 bridgehead atoms. The molecule has 0 aliphatic carbocycles. The fourth-order valence-corrected chi connectivity index (χ4v) is 3.80. The molecular formula is C25H20ClFN2O2. The van der Waals surface area contributed by atoms with Crippen molar-refractivity contribution >= 4 is 40.4 Å². The Bertz CT molecular complexity index is 1240. The molecular weight excluding hydrogens is 415 g/mol. The number of carbonyl (C=O) groups is 2. The van der Waals surface area contributed by atoms with Crippen molar-refractivity contribution in [2.45, 2.75) is 13.8 Å². The number of halogens is 2. The molecule has 1 aliphatic rings. The average molecular weight is 435 g/mol. The molecule has 1 aliphatic heterocycles. The van der Waals surface area contributed by atoms with Crippen LogP contribution >= 0.6 is 11.6 Å². The van der Waals surface area contributed by atoms with E-state index in [0.717, 1.165) is 27.8 Å². The Morgan fingerprint density at radius 2 is 1.58 bits per heavy atom. The zero-order valence-electron chi connectivity index (χ0n) is 17.3. The number of benzene rings is 3. The highest BCUT2D eigenvalue weighted by Crippen LogP contribution is 2.37. The first-order chi connectivity index (χ1) is 14.8. The highest BCUT2D eigenvalue weighted by atomic mass is 35.5. The summed E-state index contributed by atoms with van der Waals surface area (Å²) >= 11 is 5.93. The number of aryl methyl sites for hydroxylation is 2. The lowest BCUT2D eigenvalue weighted by Gasteiger charge is -2.21. The second-order valence-corrected chi connectivity index (χ2v) is 7.87. The van der Waals surface area contributed by atoms with Gasteiger partial charge in [0.2, 0.25) is 0 Å². The monoisotopic (exact) mass is 434 g/mol. The predicted octanol–water partition coefficient (Wildman–Crippen LogP) is 5.52. The maximum Gasteiger partial charge on any atom is 0.282 e. The standard InChI is InChI=1S/C25H20ClFN2O2/c1-15-9-10-17(13-16(15)2)22-23(28(3)18-7-5-4-6-8-18)25(31)29(24(22)30)19-11-12-21(27)20(26)14-19/h4-14H,1-3H3. The number of imide groups is 1. The van der Waals surface area contributed by atoms with Crippen molar-refractivity contribution in [1.82, 2.24) is 0 Å². The maximum absolute atomic E-state index is 13.7. The van der Waals surface area contributed by atoms with Crippen molar-refractivity contribution in [3.05, 3.63) is 100.0 Å². The number of hydrogen-bond donors (Lipinski definition) is 0. The molecule has 6 heteroatoms. The minimum absolute atomic E-state index is 0.157. The molecule has 0 fully saturated rings. The van der Waals surface area contributed by atoms with Crippen LogP contribution in [0.4, 0.5) is 15.8 Å². The van der Waals surface area contributed by atoms with Crippen LogP contribution in [0, 0.1) is 19.7 Å². The first-order valence-electron chi connectivity index (χ1n) is 9.74. The van der Waals surface area contributed by atoms with Gasteiger partial charge in [0.1, 0.15) is 11.5 Å². The number of carbonyl (C=O) groups excluding carboxylic acids is 2. The van der Waals surface area contributed by atoms with Crippen LogP contribution in [0.15, 0.2) is 72.4 Å². The number of amides is 2. The Labute approximate surface area is 185 Å². The summed E-state index contributed by atoms with van der Waals surface area (Å²) in [5.41, 5.74) is 4.27. The van der Waals surface area contributed by atoms with Gasteiger partial charge in [-0.05, 0) is 60.9 Å². The van der Waals surface area contributed by atoms with E-state index in [2.05, 4.69) is 0 Å². The summed E-state index contributed by atoms with van der Waals surface area (Å²) in [5.74, 6) is -1.59. The number of hydrogen-bond acceptors (Lipinski definition) is 3. The number of nitrogens with zero attached hydrogens (tertiary/aromatic N) is 2. The van der Waals surface area contributed by atoms with Crippen LogP contribution in [-0.4, -0.2) is 18.9 Å². The summed E-state index contributed by atoms with van der Waals surface area (Å²) in [6.45, 7) is 3.94. The smallest absolute Gasteiger partial charge is 0.282 e. The third kappa shape index (κ3) is 3.62. The van der Waals surface area contributed by atoms with Gasteiger partial charge in [0, 0.05) is 12.7 Å². The second-order valence-electron chi connectivity index (χ2n) is 7.46. The topological polar surface area (TPSA) is 40.6 Å².